The van der Waals surface area contributed by atoms with Crippen LogP contribution in [0.1, 0.15) is 26.2 Å². The zero-order chi connectivity index (χ0) is 12.3. The van der Waals surface area contributed by atoms with Crippen LogP contribution in [0.15, 0.2) is 17.2 Å². The van der Waals surface area contributed by atoms with Gasteiger partial charge in [0, 0.05) is 31.5 Å². The van der Waals surface area contributed by atoms with Crippen molar-refractivity contribution in [1.29, 1.82) is 0 Å². The SMILES string of the molecule is CCn1ccnc(N(CCO)C2CCC2)c1=O. The topological polar surface area (TPSA) is 58.4 Å². The van der Waals surface area contributed by atoms with E-state index in [0.29, 0.717) is 24.9 Å². The number of hydrogen-bond donors (Lipinski definition) is 1. The van der Waals surface area contributed by atoms with E-state index >= 15 is 0 Å². The van der Waals surface area contributed by atoms with Crippen LogP contribution in [0.25, 0.3) is 0 Å². The number of aromatic nitrogens is 2. The second kappa shape index (κ2) is 5.31. The number of nitrogens with zero attached hydrogens (tertiary/aromatic N) is 3. The molecule has 0 radical (unpaired) electrons. The van der Waals surface area contributed by atoms with Crippen LogP contribution in [-0.4, -0.2) is 33.9 Å². The molecule has 1 N–H and O–H groups in total. The second-order valence-corrected chi connectivity index (χ2v) is 4.34. The summed E-state index contributed by atoms with van der Waals surface area (Å²) < 4.78 is 1.64. The Hall–Kier alpha value is -1.36. The Kier molecular flexibility index (Phi) is 3.78. The van der Waals surface area contributed by atoms with Gasteiger partial charge in [-0.2, -0.15) is 0 Å². The van der Waals surface area contributed by atoms with Crippen molar-refractivity contribution in [2.45, 2.75) is 38.8 Å². The quantitative estimate of drug-likeness (QED) is 0.815. The van der Waals surface area contributed by atoms with Gasteiger partial charge in [0.05, 0.1) is 6.61 Å². The smallest absolute Gasteiger partial charge is 0.293 e. The first-order valence-electron chi connectivity index (χ1n) is 6.21. The maximum atomic E-state index is 12.1. The largest absolute Gasteiger partial charge is 0.395 e. The van der Waals surface area contributed by atoms with Gasteiger partial charge in [0.25, 0.3) is 5.56 Å². The number of hydrogen-bond acceptors (Lipinski definition) is 4. The number of aliphatic hydroxyl groups excluding tert-OH is 1. The van der Waals surface area contributed by atoms with Gasteiger partial charge in [-0.3, -0.25) is 4.79 Å². The molecule has 5 nitrogen and oxygen atoms in total. The maximum absolute atomic E-state index is 12.1. The van der Waals surface area contributed by atoms with E-state index in [1.807, 2.05) is 11.8 Å². The van der Waals surface area contributed by atoms with Crippen molar-refractivity contribution in [3.63, 3.8) is 0 Å². The summed E-state index contributed by atoms with van der Waals surface area (Å²) in [5.74, 6) is 0.480. The molecule has 1 aromatic rings. The highest BCUT2D eigenvalue weighted by Crippen LogP contribution is 2.26. The summed E-state index contributed by atoms with van der Waals surface area (Å²) in [5, 5.41) is 9.11. The number of rotatable bonds is 5. The van der Waals surface area contributed by atoms with E-state index in [-0.39, 0.29) is 12.2 Å². The second-order valence-electron chi connectivity index (χ2n) is 4.34. The predicted octanol–water partition coefficient (Wildman–Crippen LogP) is 0.614. The Morgan fingerprint density at radius 1 is 1.59 bits per heavy atom. The van der Waals surface area contributed by atoms with Crippen molar-refractivity contribution in [1.82, 2.24) is 9.55 Å². The molecule has 0 amide bonds. The number of aryl methyl sites for hydroxylation is 1. The summed E-state index contributed by atoms with van der Waals surface area (Å²) >= 11 is 0. The Bertz CT molecular complexity index is 426. The summed E-state index contributed by atoms with van der Waals surface area (Å²) in [7, 11) is 0. The van der Waals surface area contributed by atoms with Crippen LogP contribution in [0.4, 0.5) is 5.82 Å². The molecule has 0 aromatic carbocycles. The third-order valence-electron chi connectivity index (χ3n) is 3.36. The number of aliphatic hydroxyl groups is 1. The van der Waals surface area contributed by atoms with Crippen LogP contribution in [0.2, 0.25) is 0 Å². The molecule has 1 aliphatic rings. The predicted molar refractivity (Wildman–Crippen MR) is 66.2 cm³/mol. The van der Waals surface area contributed by atoms with E-state index in [4.69, 9.17) is 5.11 Å². The molecule has 1 aliphatic carbocycles. The van der Waals surface area contributed by atoms with Gasteiger partial charge in [0.2, 0.25) is 0 Å². The molecule has 1 fully saturated rings. The molecule has 2 rings (SSSR count). The van der Waals surface area contributed by atoms with Crippen molar-refractivity contribution in [3.8, 4) is 0 Å². The van der Waals surface area contributed by atoms with Crippen LogP contribution in [0.5, 0.6) is 0 Å². The zero-order valence-electron chi connectivity index (χ0n) is 10.2. The minimum Gasteiger partial charge on any atom is -0.395 e. The molecule has 1 heterocycles. The van der Waals surface area contributed by atoms with Gasteiger partial charge in [-0.05, 0) is 26.2 Å². The van der Waals surface area contributed by atoms with E-state index in [9.17, 15) is 4.79 Å². The third-order valence-corrected chi connectivity index (χ3v) is 3.36. The molecule has 5 heteroatoms. The van der Waals surface area contributed by atoms with Crippen molar-refractivity contribution in [3.05, 3.63) is 22.7 Å². The Balaban J connectivity index is 2.31. The zero-order valence-corrected chi connectivity index (χ0v) is 10.2. The molecule has 0 spiro atoms. The van der Waals surface area contributed by atoms with Crippen molar-refractivity contribution in [2.75, 3.05) is 18.1 Å². The molecule has 0 aliphatic heterocycles. The van der Waals surface area contributed by atoms with Crippen molar-refractivity contribution in [2.24, 2.45) is 0 Å². The Labute approximate surface area is 101 Å². The highest BCUT2D eigenvalue weighted by Gasteiger charge is 2.27. The summed E-state index contributed by atoms with van der Waals surface area (Å²) in [6.07, 6.45) is 6.72. The van der Waals surface area contributed by atoms with Gasteiger partial charge in [0.15, 0.2) is 5.82 Å². The molecular weight excluding hydrogens is 218 g/mol. The van der Waals surface area contributed by atoms with E-state index in [1.54, 1.807) is 17.0 Å². The lowest BCUT2D eigenvalue weighted by Crippen LogP contribution is -2.45. The lowest BCUT2D eigenvalue weighted by atomic mass is 9.91. The molecular formula is C12H19N3O2. The lowest BCUT2D eigenvalue weighted by molar-refractivity contribution is 0.282. The summed E-state index contributed by atoms with van der Waals surface area (Å²) in [6, 6.07) is 0.370. The first kappa shape index (κ1) is 12.1. The molecule has 17 heavy (non-hydrogen) atoms. The van der Waals surface area contributed by atoms with Crippen molar-refractivity contribution < 1.29 is 5.11 Å². The normalized spacial score (nSPS) is 15.6. The van der Waals surface area contributed by atoms with Gasteiger partial charge in [-0.1, -0.05) is 0 Å². The molecule has 0 saturated heterocycles. The van der Waals surface area contributed by atoms with Gasteiger partial charge in [-0.25, -0.2) is 4.98 Å². The summed E-state index contributed by atoms with van der Waals surface area (Å²) in [6.45, 7) is 3.12. The fourth-order valence-electron chi connectivity index (χ4n) is 2.15. The highest BCUT2D eigenvalue weighted by atomic mass is 16.3. The van der Waals surface area contributed by atoms with Gasteiger partial charge >= 0.3 is 0 Å². The van der Waals surface area contributed by atoms with Crippen LogP contribution >= 0.6 is 0 Å². The molecule has 0 bridgehead atoms. The van der Waals surface area contributed by atoms with E-state index < -0.39 is 0 Å². The van der Waals surface area contributed by atoms with Gasteiger partial charge < -0.3 is 14.6 Å². The number of anilines is 1. The molecule has 1 aromatic heterocycles. The first-order chi connectivity index (χ1) is 8.27. The van der Waals surface area contributed by atoms with Crippen LogP contribution in [0, 0.1) is 0 Å². The average molecular weight is 237 g/mol. The summed E-state index contributed by atoms with van der Waals surface area (Å²) in [4.78, 5) is 18.3. The lowest BCUT2D eigenvalue weighted by Gasteiger charge is -2.37. The van der Waals surface area contributed by atoms with Gasteiger partial charge in [-0.15, -0.1) is 0 Å². The van der Waals surface area contributed by atoms with Crippen LogP contribution < -0.4 is 10.5 Å². The average Bonchev–Trinajstić information content (AvgIpc) is 2.26. The fourth-order valence-corrected chi connectivity index (χ4v) is 2.15. The standard InChI is InChI=1S/C12H19N3O2/c1-2-14-7-6-13-11(12(14)17)15(8-9-16)10-4-3-5-10/h6-7,10,16H,2-5,8-9H2,1H3. The molecule has 94 valence electrons. The van der Waals surface area contributed by atoms with E-state index in [2.05, 4.69) is 4.98 Å². The Morgan fingerprint density at radius 3 is 2.88 bits per heavy atom. The molecule has 0 atom stereocenters. The minimum atomic E-state index is -0.0599. The van der Waals surface area contributed by atoms with Crippen LogP contribution in [-0.2, 0) is 6.54 Å². The highest BCUT2D eigenvalue weighted by molar-refractivity contribution is 5.38. The van der Waals surface area contributed by atoms with E-state index in [1.165, 1.54) is 6.42 Å². The minimum absolute atomic E-state index is 0.0542. The van der Waals surface area contributed by atoms with Gasteiger partial charge in [0.1, 0.15) is 0 Å². The third kappa shape index (κ3) is 2.34. The first-order valence-corrected chi connectivity index (χ1v) is 6.21. The van der Waals surface area contributed by atoms with Crippen molar-refractivity contribution >= 4 is 5.82 Å². The van der Waals surface area contributed by atoms with E-state index in [0.717, 1.165) is 12.8 Å². The maximum Gasteiger partial charge on any atom is 0.293 e. The molecule has 1 saturated carbocycles. The Morgan fingerprint density at radius 2 is 2.35 bits per heavy atom. The summed E-state index contributed by atoms with van der Waals surface area (Å²) in [5.41, 5.74) is -0.0599. The molecule has 0 unspecified atom stereocenters. The van der Waals surface area contributed by atoms with Crippen LogP contribution in [0.3, 0.4) is 0 Å². The monoisotopic (exact) mass is 237 g/mol. The fraction of sp³-hybridized carbons (Fsp3) is 0.667.